The minimum absolute atomic E-state index is 0.0329. The lowest BCUT2D eigenvalue weighted by Crippen LogP contribution is -2.42. The summed E-state index contributed by atoms with van der Waals surface area (Å²) in [5.74, 6) is 0.638. The molecule has 3 atom stereocenters. The maximum Gasteiger partial charge on any atom is 0.303 e. The van der Waals surface area contributed by atoms with Crippen molar-refractivity contribution in [2.45, 2.75) is 51.3 Å². The molecule has 182 valence electrons. The van der Waals surface area contributed by atoms with E-state index < -0.39 is 24.3 Å². The number of hydrogen-bond acceptors (Lipinski definition) is 7. The molecule has 2 rings (SSSR count). The van der Waals surface area contributed by atoms with Gasteiger partial charge in [0.25, 0.3) is 0 Å². The molecule has 2 aromatic carbocycles. The summed E-state index contributed by atoms with van der Waals surface area (Å²) in [5, 5.41) is 19.2. The number of methoxy groups -OCH3 is 2. The van der Waals surface area contributed by atoms with Gasteiger partial charge >= 0.3 is 5.97 Å². The van der Waals surface area contributed by atoms with Gasteiger partial charge in [0.2, 0.25) is 0 Å². The van der Waals surface area contributed by atoms with Gasteiger partial charge in [-0.15, -0.1) is 0 Å². The quantitative estimate of drug-likeness (QED) is 0.366. The Morgan fingerprint density at radius 2 is 1.39 bits per heavy atom. The SMILES string of the molecule is COc1ccc(COC(COCCCC(=O)O)[C@@H](OCc2ccc(OC)cc2)C(C)O)cc1. The van der Waals surface area contributed by atoms with Crippen LogP contribution in [0.15, 0.2) is 48.5 Å². The monoisotopic (exact) mass is 462 g/mol. The average Bonchev–Trinajstić information content (AvgIpc) is 2.82. The largest absolute Gasteiger partial charge is 0.497 e. The molecule has 8 heteroatoms. The Morgan fingerprint density at radius 3 is 1.85 bits per heavy atom. The third kappa shape index (κ3) is 9.79. The molecular weight excluding hydrogens is 428 g/mol. The first kappa shape index (κ1) is 26.6. The van der Waals surface area contributed by atoms with Gasteiger partial charge in [0.15, 0.2) is 0 Å². The van der Waals surface area contributed by atoms with Crippen molar-refractivity contribution in [1.29, 1.82) is 0 Å². The van der Waals surface area contributed by atoms with E-state index in [-0.39, 0.29) is 26.2 Å². The molecule has 0 fully saturated rings. The Morgan fingerprint density at radius 1 is 0.879 bits per heavy atom. The summed E-state index contributed by atoms with van der Waals surface area (Å²) in [6.45, 7) is 2.66. The number of rotatable bonds is 16. The molecule has 0 bridgehead atoms. The smallest absolute Gasteiger partial charge is 0.303 e. The van der Waals surface area contributed by atoms with Crippen molar-refractivity contribution in [3.8, 4) is 11.5 Å². The first-order chi connectivity index (χ1) is 15.9. The van der Waals surface area contributed by atoms with Gasteiger partial charge in [-0.05, 0) is 48.7 Å². The zero-order chi connectivity index (χ0) is 24.1. The third-order valence-corrected chi connectivity index (χ3v) is 5.03. The molecular formula is C25H34O8. The Kier molecular flexibility index (Phi) is 11.7. The zero-order valence-electron chi connectivity index (χ0n) is 19.4. The number of carboxylic acid groups (broad SMARTS) is 1. The summed E-state index contributed by atoms with van der Waals surface area (Å²) in [5.41, 5.74) is 1.86. The summed E-state index contributed by atoms with van der Waals surface area (Å²) in [7, 11) is 3.22. The molecule has 0 heterocycles. The normalized spacial score (nSPS) is 13.8. The lowest BCUT2D eigenvalue weighted by Gasteiger charge is -2.29. The molecule has 2 aromatic rings. The highest BCUT2D eigenvalue weighted by atomic mass is 16.6. The molecule has 0 aromatic heterocycles. The second-order valence-electron chi connectivity index (χ2n) is 7.63. The number of ether oxygens (including phenoxy) is 5. The summed E-state index contributed by atoms with van der Waals surface area (Å²) in [6, 6.07) is 15.0. The number of carboxylic acids is 1. The van der Waals surface area contributed by atoms with Crippen LogP contribution in [0.5, 0.6) is 11.5 Å². The predicted molar refractivity (Wildman–Crippen MR) is 123 cm³/mol. The number of aliphatic hydroxyl groups is 1. The van der Waals surface area contributed by atoms with Crippen LogP contribution in [-0.4, -0.2) is 61.9 Å². The summed E-state index contributed by atoms with van der Waals surface area (Å²) in [4.78, 5) is 10.7. The molecule has 0 spiro atoms. The maximum atomic E-state index is 10.7. The highest BCUT2D eigenvalue weighted by Crippen LogP contribution is 2.18. The van der Waals surface area contributed by atoms with E-state index in [9.17, 15) is 9.90 Å². The van der Waals surface area contributed by atoms with Gasteiger partial charge in [-0.3, -0.25) is 4.79 Å². The Hall–Kier alpha value is -2.65. The highest BCUT2D eigenvalue weighted by Gasteiger charge is 2.28. The minimum atomic E-state index is -0.865. The Bertz CT molecular complexity index is 804. The lowest BCUT2D eigenvalue weighted by molar-refractivity contribution is -0.148. The van der Waals surface area contributed by atoms with E-state index in [0.29, 0.717) is 13.0 Å². The average molecular weight is 463 g/mol. The van der Waals surface area contributed by atoms with Crippen LogP contribution >= 0.6 is 0 Å². The van der Waals surface area contributed by atoms with Crippen molar-refractivity contribution in [3.05, 3.63) is 59.7 Å². The van der Waals surface area contributed by atoms with Crippen LogP contribution in [0, 0.1) is 0 Å². The molecule has 0 amide bonds. The van der Waals surface area contributed by atoms with E-state index in [1.54, 1.807) is 21.1 Å². The van der Waals surface area contributed by atoms with E-state index in [4.69, 9.17) is 28.8 Å². The minimum Gasteiger partial charge on any atom is -0.497 e. The van der Waals surface area contributed by atoms with Crippen LogP contribution in [0.4, 0.5) is 0 Å². The molecule has 0 saturated heterocycles. The van der Waals surface area contributed by atoms with Crippen molar-refractivity contribution < 1.29 is 38.7 Å². The standard InChI is InChI=1S/C25H34O8/c1-18(26)25(33-16-20-8-12-22(30-3)13-9-20)23(17-31-14-4-5-24(27)28)32-15-19-6-10-21(29-2)11-7-19/h6-13,18,23,25-26H,4-5,14-17H2,1-3H3,(H,27,28)/t18?,23?,25-/m0/s1. The first-order valence-corrected chi connectivity index (χ1v) is 10.9. The fraction of sp³-hybridized carbons (Fsp3) is 0.480. The van der Waals surface area contributed by atoms with E-state index in [0.717, 1.165) is 22.6 Å². The summed E-state index contributed by atoms with van der Waals surface area (Å²) < 4.78 is 28.2. The van der Waals surface area contributed by atoms with E-state index >= 15 is 0 Å². The molecule has 0 radical (unpaired) electrons. The van der Waals surface area contributed by atoms with Gasteiger partial charge in [-0.1, -0.05) is 24.3 Å². The Balaban J connectivity index is 2.01. The second-order valence-corrected chi connectivity index (χ2v) is 7.63. The summed E-state index contributed by atoms with van der Waals surface area (Å²) >= 11 is 0. The molecule has 0 aliphatic rings. The Labute approximate surface area is 195 Å². The second kappa shape index (κ2) is 14.5. The van der Waals surface area contributed by atoms with Crippen molar-refractivity contribution in [2.24, 2.45) is 0 Å². The molecule has 2 unspecified atom stereocenters. The van der Waals surface area contributed by atoms with Crippen LogP contribution in [0.25, 0.3) is 0 Å². The van der Waals surface area contributed by atoms with Crippen LogP contribution in [0.2, 0.25) is 0 Å². The third-order valence-electron chi connectivity index (χ3n) is 5.03. The zero-order valence-corrected chi connectivity index (χ0v) is 19.4. The predicted octanol–water partition coefficient (Wildman–Crippen LogP) is 3.44. The van der Waals surface area contributed by atoms with Crippen molar-refractivity contribution in [2.75, 3.05) is 27.4 Å². The van der Waals surface area contributed by atoms with Gasteiger partial charge in [0.05, 0.1) is 40.1 Å². The number of hydrogen-bond donors (Lipinski definition) is 2. The van der Waals surface area contributed by atoms with E-state index in [1.807, 2.05) is 48.5 Å². The molecule has 0 saturated carbocycles. The van der Waals surface area contributed by atoms with Crippen LogP contribution in [-0.2, 0) is 32.2 Å². The molecule has 0 aliphatic carbocycles. The highest BCUT2D eigenvalue weighted by molar-refractivity contribution is 5.66. The number of carbonyl (C=O) groups is 1. The number of benzene rings is 2. The van der Waals surface area contributed by atoms with Crippen LogP contribution in [0.1, 0.15) is 30.9 Å². The van der Waals surface area contributed by atoms with Gasteiger partial charge in [-0.25, -0.2) is 0 Å². The molecule has 8 nitrogen and oxygen atoms in total. The van der Waals surface area contributed by atoms with Crippen LogP contribution in [0.3, 0.4) is 0 Å². The van der Waals surface area contributed by atoms with Crippen molar-refractivity contribution in [3.63, 3.8) is 0 Å². The number of aliphatic hydroxyl groups excluding tert-OH is 1. The van der Waals surface area contributed by atoms with E-state index in [2.05, 4.69) is 0 Å². The first-order valence-electron chi connectivity index (χ1n) is 10.9. The topological polar surface area (TPSA) is 104 Å². The van der Waals surface area contributed by atoms with Gasteiger partial charge in [0.1, 0.15) is 23.7 Å². The van der Waals surface area contributed by atoms with Gasteiger partial charge in [0, 0.05) is 13.0 Å². The van der Waals surface area contributed by atoms with Crippen molar-refractivity contribution >= 4 is 5.97 Å². The van der Waals surface area contributed by atoms with E-state index in [1.165, 1.54) is 0 Å². The molecule has 2 N–H and O–H groups in total. The van der Waals surface area contributed by atoms with Crippen molar-refractivity contribution in [1.82, 2.24) is 0 Å². The molecule has 0 aliphatic heterocycles. The van der Waals surface area contributed by atoms with Crippen LogP contribution < -0.4 is 9.47 Å². The fourth-order valence-corrected chi connectivity index (χ4v) is 3.16. The lowest BCUT2D eigenvalue weighted by atomic mass is 10.1. The summed E-state index contributed by atoms with van der Waals surface area (Å²) in [6.07, 6.45) is -1.59. The van der Waals surface area contributed by atoms with Gasteiger partial charge < -0.3 is 33.9 Å². The fourth-order valence-electron chi connectivity index (χ4n) is 3.16. The van der Waals surface area contributed by atoms with Gasteiger partial charge in [-0.2, -0.15) is 0 Å². The maximum absolute atomic E-state index is 10.7. The number of aliphatic carboxylic acids is 1. The molecule has 33 heavy (non-hydrogen) atoms.